The van der Waals surface area contributed by atoms with Gasteiger partial charge >= 0.3 is 5.97 Å². The average molecular weight is 560 g/mol. The number of aliphatic carboxylic acids is 2. The molecular weight excluding hydrogens is 530 g/mol. The molecule has 0 bridgehead atoms. The lowest BCUT2D eigenvalue weighted by molar-refractivity contribution is -0.345. The van der Waals surface area contributed by atoms with E-state index in [4.69, 9.17) is 41.7 Å². The molecule has 0 spiro atoms. The van der Waals surface area contributed by atoms with Crippen molar-refractivity contribution in [3.8, 4) is 0 Å². The molecule has 1 heterocycles. The Labute approximate surface area is 221 Å². The van der Waals surface area contributed by atoms with Crippen molar-refractivity contribution in [3.05, 3.63) is 102 Å². The number of hydrogen-bond donors (Lipinski definition) is 6. The summed E-state index contributed by atoms with van der Waals surface area (Å²) in [5.41, 5.74) is 1.03. The van der Waals surface area contributed by atoms with E-state index in [0.717, 1.165) is 0 Å². The number of benzene rings is 2. The summed E-state index contributed by atoms with van der Waals surface area (Å²) in [6.07, 6.45) is 2.82. The molecule has 38 heavy (non-hydrogen) atoms. The van der Waals surface area contributed by atoms with Crippen LogP contribution < -0.4 is 39.7 Å². The summed E-state index contributed by atoms with van der Waals surface area (Å²) in [5.74, 6) is -2.92. The monoisotopic (exact) mass is 559 g/mol. The number of halogens is 1. The predicted octanol–water partition coefficient (Wildman–Crippen LogP) is -0.155. The van der Waals surface area contributed by atoms with Crippen molar-refractivity contribution in [2.24, 2.45) is 5.90 Å². The Morgan fingerprint density at radius 3 is 1.16 bits per heavy atom. The lowest BCUT2D eigenvalue weighted by atomic mass is 10.2. The summed E-state index contributed by atoms with van der Waals surface area (Å²) in [6, 6.07) is 19.8. The van der Waals surface area contributed by atoms with Crippen LogP contribution in [0.1, 0.15) is 31.1 Å². The van der Waals surface area contributed by atoms with Crippen LogP contribution in [0.15, 0.2) is 85.2 Å². The minimum Gasteiger partial charge on any atom is -0.545 e. The number of nitrogens with zero attached hydrogens (tertiary/aromatic N) is 1. The van der Waals surface area contributed by atoms with Crippen molar-refractivity contribution < 1.29 is 49.6 Å². The molecule has 16 N–H and O–H groups in total. The Kier molecular flexibility index (Phi) is 30.6. The van der Waals surface area contributed by atoms with Crippen LogP contribution in [-0.4, -0.2) is 44.4 Å². The topological polar surface area (TPSA) is 343 Å². The maximum absolute atomic E-state index is 10.4. The van der Waals surface area contributed by atoms with E-state index in [1.54, 1.807) is 54.6 Å². The summed E-state index contributed by atoms with van der Waals surface area (Å²) >= 11 is 5.16. The minimum absolute atomic E-state index is 0. The highest BCUT2D eigenvalue weighted by Gasteiger charge is 1.97. The first kappa shape index (κ1) is 43.3. The van der Waals surface area contributed by atoms with Crippen molar-refractivity contribution in [2.45, 2.75) is 0 Å². The molecule has 1 aromatic heterocycles. The van der Waals surface area contributed by atoms with Gasteiger partial charge in [0.1, 0.15) is 0 Å². The third-order valence-corrected chi connectivity index (χ3v) is 3.32. The number of nitrogens with two attached hydrogens (primary N) is 1. The first-order chi connectivity index (χ1) is 16.6. The van der Waals surface area contributed by atoms with E-state index in [2.05, 4.69) is 10.9 Å². The highest BCUT2D eigenvalue weighted by Crippen LogP contribution is 2.01. The number of rotatable bonds is 3. The second-order valence-corrected chi connectivity index (χ2v) is 5.75. The summed E-state index contributed by atoms with van der Waals surface area (Å²) in [6.45, 7) is 0. The van der Waals surface area contributed by atoms with Crippen molar-refractivity contribution in [3.63, 3.8) is 0 Å². The molecule has 2 aromatic carbocycles. The Morgan fingerprint density at radius 1 is 0.632 bits per heavy atom. The van der Waals surface area contributed by atoms with Crippen molar-refractivity contribution >= 4 is 40.7 Å². The fraction of sp³-hybridized carbons (Fsp3) is 0. The van der Waals surface area contributed by atoms with Crippen LogP contribution in [0.4, 0.5) is 0 Å². The maximum atomic E-state index is 10.4. The van der Waals surface area contributed by atoms with Gasteiger partial charge in [-0.25, -0.2) is 10.7 Å². The number of carbonyl (C=O) groups is 5. The van der Waals surface area contributed by atoms with Gasteiger partial charge in [0.05, 0.1) is 23.5 Å². The Morgan fingerprint density at radius 2 is 0.974 bits per heavy atom. The summed E-state index contributed by atoms with van der Waals surface area (Å²) in [5, 5.41) is 42.4. The van der Waals surface area contributed by atoms with Crippen LogP contribution in [0.2, 0.25) is 0 Å². The number of aromatic nitrogens is 1. The third-order valence-electron chi connectivity index (χ3n) is 3.10. The molecule has 16 heteroatoms. The fourth-order valence-electron chi connectivity index (χ4n) is 1.64. The number of aromatic carboxylic acids is 2. The van der Waals surface area contributed by atoms with Crippen LogP contribution in [0, 0.1) is 0 Å². The van der Waals surface area contributed by atoms with Gasteiger partial charge < -0.3 is 58.5 Å². The zero-order chi connectivity index (χ0) is 27.2. The molecule has 0 aliphatic heterocycles. The molecule has 15 nitrogen and oxygen atoms in total. The van der Waals surface area contributed by atoms with Gasteiger partial charge in [-0.3, -0.25) is 9.78 Å². The van der Waals surface area contributed by atoms with Gasteiger partial charge in [-0.1, -0.05) is 48.5 Å². The first-order valence-electron chi connectivity index (χ1n) is 8.89. The van der Waals surface area contributed by atoms with Crippen molar-refractivity contribution in [1.82, 2.24) is 23.4 Å². The highest BCUT2D eigenvalue weighted by atomic mass is 35.5. The molecule has 0 aliphatic rings. The van der Waals surface area contributed by atoms with E-state index >= 15 is 0 Å². The molecule has 3 rings (SSSR count). The summed E-state index contributed by atoms with van der Waals surface area (Å²) < 4.78 is 0. The van der Waals surface area contributed by atoms with Gasteiger partial charge in [-0.2, -0.15) is 0 Å². The van der Waals surface area contributed by atoms with Crippen LogP contribution in [0.3, 0.4) is 0 Å². The number of carboxylic acid groups (broad SMARTS) is 4. The van der Waals surface area contributed by atoms with Crippen molar-refractivity contribution in [2.75, 3.05) is 0 Å². The second-order valence-electron chi connectivity index (χ2n) is 5.41. The molecule has 3 aromatic rings. The third kappa shape index (κ3) is 23.0. The fourth-order valence-corrected chi connectivity index (χ4v) is 1.76. The minimum atomic E-state index is -2.19. The number of carboxylic acids is 4. The van der Waals surface area contributed by atoms with Gasteiger partial charge in [-0.05, 0) is 35.9 Å². The number of quaternary nitrogens is 3. The maximum Gasteiger partial charge on any atom is 0.335 e. The normalized spacial score (nSPS) is 7.66. The van der Waals surface area contributed by atoms with E-state index in [0.29, 0.717) is 11.1 Å². The lowest BCUT2D eigenvalue weighted by Crippen LogP contribution is -2.42. The molecule has 0 saturated heterocycles. The van der Waals surface area contributed by atoms with Gasteiger partial charge in [0, 0.05) is 23.5 Å². The Hall–Kier alpha value is -4.77. The van der Waals surface area contributed by atoms with E-state index in [-0.39, 0.29) is 24.0 Å². The molecule has 0 amide bonds. The SMILES string of the molecule is NO.O=C(Cl)c1ccccc1.O=C(O)c1ccccc1.O=C([O-])C(=O)[O-].O=C([O-])c1ccncc1.[NH4+].[NH4+].[NH4+]. The first-order valence-corrected chi connectivity index (χ1v) is 9.26. The van der Waals surface area contributed by atoms with Gasteiger partial charge in [-0.15, -0.1) is 0 Å². The number of hydrogen-bond acceptors (Lipinski definition) is 11. The van der Waals surface area contributed by atoms with Crippen LogP contribution in [-0.2, 0) is 9.59 Å². The molecule has 0 aliphatic carbocycles. The zero-order valence-corrected chi connectivity index (χ0v) is 21.4. The molecule has 0 radical (unpaired) electrons. The quantitative estimate of drug-likeness (QED) is 0.138. The predicted molar refractivity (Wildman–Crippen MR) is 133 cm³/mol. The van der Waals surface area contributed by atoms with Crippen LogP contribution in [0.25, 0.3) is 0 Å². The molecule has 0 fully saturated rings. The smallest absolute Gasteiger partial charge is 0.335 e. The molecule has 0 atom stereocenters. The van der Waals surface area contributed by atoms with Gasteiger partial charge in [0.15, 0.2) is 0 Å². The second kappa shape index (κ2) is 26.8. The Bertz CT molecular complexity index is 930. The standard InChI is InChI=1S/C7H5ClO.C7H6O2.C6H5NO2.C2H2O4.H3NO.3H3N/c2*8-7(9)6-4-2-1-3-5-6;8-6(9)5-1-3-7-4-2-5;3-1(4)2(5)6;1-2;;;/h1-5H;1-5H,(H,8,9);1-4H,(H,8,9);(H,3,4)(H,5,6);2H,1H2;3*1H3. The summed E-state index contributed by atoms with van der Waals surface area (Å²) in [4.78, 5) is 52.2. The highest BCUT2D eigenvalue weighted by molar-refractivity contribution is 6.67. The number of carbonyl (C=O) groups excluding carboxylic acids is 4. The molecule has 0 saturated carbocycles. The average Bonchev–Trinajstić information content (AvgIpc) is 2.88. The van der Waals surface area contributed by atoms with E-state index < -0.39 is 29.1 Å². The lowest BCUT2D eigenvalue weighted by Gasteiger charge is -1.97. The van der Waals surface area contributed by atoms with Gasteiger partial charge in [0.25, 0.3) is 5.24 Å². The molecule has 0 unspecified atom stereocenters. The molecular formula is C22H30ClN5O10. The van der Waals surface area contributed by atoms with Crippen LogP contribution in [0.5, 0.6) is 0 Å². The van der Waals surface area contributed by atoms with E-state index in [1.807, 2.05) is 6.07 Å². The van der Waals surface area contributed by atoms with E-state index in [9.17, 15) is 19.5 Å². The van der Waals surface area contributed by atoms with Crippen molar-refractivity contribution in [1.29, 1.82) is 0 Å². The number of pyridine rings is 1. The Balaban J connectivity index is -0.000000123. The van der Waals surface area contributed by atoms with Crippen LogP contribution >= 0.6 is 11.6 Å². The van der Waals surface area contributed by atoms with E-state index in [1.165, 1.54) is 24.5 Å². The van der Waals surface area contributed by atoms with Gasteiger partial charge in [0.2, 0.25) is 0 Å². The molecule has 210 valence electrons. The largest absolute Gasteiger partial charge is 0.545 e. The summed E-state index contributed by atoms with van der Waals surface area (Å²) in [7, 11) is 0. The zero-order valence-electron chi connectivity index (χ0n) is 20.6.